The van der Waals surface area contributed by atoms with Crippen LogP contribution in [-0.2, 0) is 0 Å². The number of aryl methyl sites for hydroxylation is 1. The van der Waals surface area contributed by atoms with E-state index in [9.17, 15) is 9.50 Å². The van der Waals surface area contributed by atoms with Crippen molar-refractivity contribution in [1.29, 1.82) is 0 Å². The summed E-state index contributed by atoms with van der Waals surface area (Å²) in [5.74, 6) is -0.133. The molecule has 0 spiro atoms. The van der Waals surface area contributed by atoms with Crippen molar-refractivity contribution in [3.63, 3.8) is 0 Å². The van der Waals surface area contributed by atoms with Crippen LogP contribution in [0.3, 0.4) is 0 Å². The van der Waals surface area contributed by atoms with Gasteiger partial charge < -0.3 is 10.8 Å². The van der Waals surface area contributed by atoms with Crippen LogP contribution in [0.25, 0.3) is 0 Å². The van der Waals surface area contributed by atoms with E-state index in [1.54, 1.807) is 6.07 Å². The lowest BCUT2D eigenvalue weighted by atomic mass is 9.89. The van der Waals surface area contributed by atoms with Gasteiger partial charge in [0.05, 0.1) is 12.1 Å². The van der Waals surface area contributed by atoms with Crippen LogP contribution in [0.5, 0.6) is 0 Å². The second kappa shape index (κ2) is 5.41. The summed E-state index contributed by atoms with van der Waals surface area (Å²) in [6, 6.07) is 4.03. The van der Waals surface area contributed by atoms with Crippen LogP contribution in [0.1, 0.15) is 37.4 Å². The molecule has 1 aromatic carbocycles. The summed E-state index contributed by atoms with van der Waals surface area (Å²) >= 11 is 0. The zero-order chi connectivity index (χ0) is 12.3. The van der Waals surface area contributed by atoms with Crippen LogP contribution in [0.2, 0.25) is 0 Å². The lowest BCUT2D eigenvalue weighted by Crippen LogP contribution is -2.32. The molecule has 1 rings (SSSR count). The summed E-state index contributed by atoms with van der Waals surface area (Å²) < 4.78 is 12.9. The summed E-state index contributed by atoms with van der Waals surface area (Å²) in [5, 5.41) is 10.0. The first-order valence-corrected chi connectivity index (χ1v) is 5.67. The van der Waals surface area contributed by atoms with Gasteiger partial charge in [-0.1, -0.05) is 26.3 Å². The van der Waals surface area contributed by atoms with Crippen LogP contribution in [0.15, 0.2) is 18.2 Å². The third-order valence-corrected chi connectivity index (χ3v) is 3.19. The summed E-state index contributed by atoms with van der Waals surface area (Å²) in [6.45, 7) is 5.78. The molecule has 0 fully saturated rings. The van der Waals surface area contributed by atoms with Gasteiger partial charge in [-0.2, -0.15) is 0 Å². The molecule has 16 heavy (non-hydrogen) atoms. The molecule has 0 aliphatic rings. The van der Waals surface area contributed by atoms with E-state index in [-0.39, 0.29) is 11.7 Å². The van der Waals surface area contributed by atoms with Crippen molar-refractivity contribution in [2.24, 2.45) is 11.7 Å². The Hall–Kier alpha value is -0.930. The first-order valence-electron chi connectivity index (χ1n) is 5.67. The molecule has 0 aliphatic carbocycles. The average Bonchev–Trinajstić information content (AvgIpc) is 2.26. The molecule has 0 heterocycles. The Morgan fingerprint density at radius 2 is 2.06 bits per heavy atom. The molecular weight excluding hydrogens is 205 g/mol. The van der Waals surface area contributed by atoms with Gasteiger partial charge in [-0.05, 0) is 36.1 Å². The molecule has 0 aliphatic heterocycles. The lowest BCUT2D eigenvalue weighted by Gasteiger charge is -2.25. The predicted octanol–water partition coefficient (Wildman–Crippen LogP) is 2.54. The quantitative estimate of drug-likeness (QED) is 0.827. The van der Waals surface area contributed by atoms with Crippen LogP contribution in [0.4, 0.5) is 4.39 Å². The Bertz CT molecular complexity index is 354. The SMILES string of the molecule is CCC(C)[C@@H](O)[C@@H](N)c1ccc(F)cc1C. The second-order valence-corrected chi connectivity index (χ2v) is 4.40. The van der Waals surface area contributed by atoms with Crippen LogP contribution < -0.4 is 5.73 Å². The molecule has 0 saturated carbocycles. The summed E-state index contributed by atoms with van der Waals surface area (Å²) in [5.41, 5.74) is 7.59. The van der Waals surface area contributed by atoms with Crippen molar-refractivity contribution in [2.75, 3.05) is 0 Å². The molecule has 3 N–H and O–H groups in total. The maximum atomic E-state index is 12.9. The molecule has 0 bridgehead atoms. The Balaban J connectivity index is 2.91. The van der Waals surface area contributed by atoms with Crippen molar-refractivity contribution < 1.29 is 9.50 Å². The van der Waals surface area contributed by atoms with Gasteiger partial charge in [0.15, 0.2) is 0 Å². The number of rotatable bonds is 4. The molecular formula is C13H20FNO. The van der Waals surface area contributed by atoms with E-state index in [0.29, 0.717) is 0 Å². The van der Waals surface area contributed by atoms with E-state index in [4.69, 9.17) is 5.73 Å². The van der Waals surface area contributed by atoms with Gasteiger partial charge in [-0.25, -0.2) is 4.39 Å². The van der Waals surface area contributed by atoms with Gasteiger partial charge in [-0.3, -0.25) is 0 Å². The topological polar surface area (TPSA) is 46.2 Å². The van der Waals surface area contributed by atoms with Gasteiger partial charge in [-0.15, -0.1) is 0 Å². The van der Waals surface area contributed by atoms with Crippen molar-refractivity contribution in [2.45, 2.75) is 39.3 Å². The summed E-state index contributed by atoms with van der Waals surface area (Å²) in [4.78, 5) is 0. The first kappa shape index (κ1) is 13.1. The Morgan fingerprint density at radius 1 is 1.44 bits per heavy atom. The highest BCUT2D eigenvalue weighted by molar-refractivity contribution is 5.30. The van der Waals surface area contributed by atoms with Crippen LogP contribution >= 0.6 is 0 Å². The third-order valence-electron chi connectivity index (χ3n) is 3.19. The average molecular weight is 225 g/mol. The van der Waals surface area contributed by atoms with Crippen LogP contribution in [0, 0.1) is 18.7 Å². The molecule has 3 heteroatoms. The van der Waals surface area contributed by atoms with E-state index in [0.717, 1.165) is 17.5 Å². The van der Waals surface area contributed by atoms with E-state index < -0.39 is 12.1 Å². The number of halogens is 1. The monoisotopic (exact) mass is 225 g/mol. The molecule has 90 valence electrons. The minimum absolute atomic E-state index is 0.138. The third kappa shape index (κ3) is 2.80. The van der Waals surface area contributed by atoms with E-state index in [1.165, 1.54) is 12.1 Å². The van der Waals surface area contributed by atoms with Crippen LogP contribution in [-0.4, -0.2) is 11.2 Å². The molecule has 3 atom stereocenters. The smallest absolute Gasteiger partial charge is 0.123 e. The molecule has 1 aromatic rings. The lowest BCUT2D eigenvalue weighted by molar-refractivity contribution is 0.0877. The number of aliphatic hydroxyl groups is 1. The molecule has 0 aromatic heterocycles. The predicted molar refractivity (Wildman–Crippen MR) is 63.5 cm³/mol. The van der Waals surface area contributed by atoms with Gasteiger partial charge in [0.25, 0.3) is 0 Å². The number of aliphatic hydroxyl groups excluding tert-OH is 1. The highest BCUT2D eigenvalue weighted by Gasteiger charge is 2.23. The standard InChI is InChI=1S/C13H20FNO/c1-4-8(2)13(16)12(15)11-6-5-10(14)7-9(11)3/h5-8,12-13,16H,4,15H2,1-3H3/t8?,12-,13+/m0/s1. The van der Waals surface area contributed by atoms with Gasteiger partial charge in [0.1, 0.15) is 5.82 Å². The molecule has 2 nitrogen and oxygen atoms in total. The largest absolute Gasteiger partial charge is 0.391 e. The molecule has 0 radical (unpaired) electrons. The Kier molecular flexibility index (Phi) is 4.44. The zero-order valence-electron chi connectivity index (χ0n) is 10.1. The zero-order valence-corrected chi connectivity index (χ0v) is 10.1. The van der Waals surface area contributed by atoms with E-state index in [2.05, 4.69) is 0 Å². The second-order valence-electron chi connectivity index (χ2n) is 4.40. The van der Waals surface area contributed by atoms with Crippen molar-refractivity contribution in [3.05, 3.63) is 35.1 Å². The fraction of sp³-hybridized carbons (Fsp3) is 0.538. The summed E-state index contributed by atoms with van der Waals surface area (Å²) in [7, 11) is 0. The first-order chi connectivity index (χ1) is 7.47. The Labute approximate surface area is 96.3 Å². The number of benzene rings is 1. The summed E-state index contributed by atoms with van der Waals surface area (Å²) in [6.07, 6.45) is 0.281. The maximum absolute atomic E-state index is 12.9. The molecule has 0 amide bonds. The van der Waals surface area contributed by atoms with Gasteiger partial charge >= 0.3 is 0 Å². The minimum Gasteiger partial charge on any atom is -0.391 e. The van der Waals surface area contributed by atoms with Crippen molar-refractivity contribution in [1.82, 2.24) is 0 Å². The number of hydrogen-bond donors (Lipinski definition) is 2. The van der Waals surface area contributed by atoms with E-state index >= 15 is 0 Å². The molecule has 0 saturated heterocycles. The number of hydrogen-bond acceptors (Lipinski definition) is 2. The number of nitrogens with two attached hydrogens (primary N) is 1. The Morgan fingerprint density at radius 3 is 2.56 bits per heavy atom. The van der Waals surface area contributed by atoms with Gasteiger partial charge in [0.2, 0.25) is 0 Å². The highest BCUT2D eigenvalue weighted by Crippen LogP contribution is 2.24. The van der Waals surface area contributed by atoms with Crippen molar-refractivity contribution in [3.8, 4) is 0 Å². The fourth-order valence-electron chi connectivity index (χ4n) is 1.79. The van der Waals surface area contributed by atoms with Gasteiger partial charge in [0, 0.05) is 0 Å². The normalized spacial score (nSPS) is 16.9. The molecule has 1 unspecified atom stereocenters. The maximum Gasteiger partial charge on any atom is 0.123 e. The highest BCUT2D eigenvalue weighted by atomic mass is 19.1. The minimum atomic E-state index is -0.589. The van der Waals surface area contributed by atoms with E-state index in [1.807, 2.05) is 20.8 Å². The fourth-order valence-corrected chi connectivity index (χ4v) is 1.79. The van der Waals surface area contributed by atoms with Crippen molar-refractivity contribution >= 4 is 0 Å².